The van der Waals surface area contributed by atoms with Crippen LogP contribution >= 0.6 is 0 Å². The Labute approximate surface area is 172 Å². The van der Waals surface area contributed by atoms with Gasteiger partial charge in [0.1, 0.15) is 0 Å². The topological polar surface area (TPSA) is 70.6 Å². The molecule has 1 aliphatic carbocycles. The van der Waals surface area contributed by atoms with Crippen molar-refractivity contribution in [2.75, 3.05) is 13.1 Å². The Hall–Kier alpha value is -2.25. The number of pyridine rings is 1. The largest absolute Gasteiger partial charge is 0.331 e. The van der Waals surface area contributed by atoms with E-state index in [-0.39, 0.29) is 16.8 Å². The van der Waals surface area contributed by atoms with Crippen molar-refractivity contribution in [1.82, 2.24) is 14.2 Å². The van der Waals surface area contributed by atoms with E-state index in [9.17, 15) is 13.2 Å². The molecule has 1 saturated heterocycles. The number of amides is 1. The number of rotatable bonds is 6. The molecule has 0 atom stereocenters. The van der Waals surface area contributed by atoms with Crippen molar-refractivity contribution in [3.05, 3.63) is 59.4 Å². The van der Waals surface area contributed by atoms with Crippen molar-refractivity contribution in [2.45, 2.75) is 56.5 Å². The second kappa shape index (κ2) is 8.24. The number of benzene rings is 1. The summed E-state index contributed by atoms with van der Waals surface area (Å²) >= 11 is 0. The van der Waals surface area contributed by atoms with Gasteiger partial charge in [-0.3, -0.25) is 9.78 Å². The third kappa shape index (κ3) is 4.36. The van der Waals surface area contributed by atoms with Gasteiger partial charge in [-0.15, -0.1) is 0 Å². The molecule has 0 N–H and O–H groups in total. The van der Waals surface area contributed by atoms with Gasteiger partial charge in [-0.05, 0) is 68.0 Å². The molecule has 0 unspecified atom stereocenters. The van der Waals surface area contributed by atoms with Crippen LogP contribution in [0.2, 0.25) is 0 Å². The van der Waals surface area contributed by atoms with E-state index >= 15 is 0 Å². The van der Waals surface area contributed by atoms with Crippen molar-refractivity contribution in [1.29, 1.82) is 0 Å². The summed E-state index contributed by atoms with van der Waals surface area (Å²) in [7, 11) is -3.58. The number of nitrogens with zero attached hydrogens (tertiary/aromatic N) is 3. The van der Waals surface area contributed by atoms with Gasteiger partial charge in [0.2, 0.25) is 10.0 Å². The molecule has 2 aliphatic rings. The smallest absolute Gasteiger partial charge is 0.254 e. The minimum absolute atomic E-state index is 0.112. The number of carbonyl (C=O) groups is 1. The van der Waals surface area contributed by atoms with Gasteiger partial charge in [0.05, 0.1) is 4.90 Å². The molecule has 2 fully saturated rings. The number of aryl methyl sites for hydroxylation is 1. The van der Waals surface area contributed by atoms with Crippen molar-refractivity contribution in [3.8, 4) is 0 Å². The van der Waals surface area contributed by atoms with Crippen molar-refractivity contribution in [2.24, 2.45) is 0 Å². The number of hydrogen-bond acceptors (Lipinski definition) is 4. The molecule has 2 heterocycles. The predicted molar refractivity (Wildman–Crippen MR) is 111 cm³/mol. The van der Waals surface area contributed by atoms with Gasteiger partial charge < -0.3 is 4.90 Å². The zero-order chi connectivity index (χ0) is 20.4. The van der Waals surface area contributed by atoms with Crippen LogP contribution in [-0.2, 0) is 16.6 Å². The zero-order valence-electron chi connectivity index (χ0n) is 16.8. The summed E-state index contributed by atoms with van der Waals surface area (Å²) < 4.78 is 27.9. The summed E-state index contributed by atoms with van der Waals surface area (Å²) in [6.07, 6.45) is 8.26. The molecule has 6 nitrogen and oxygen atoms in total. The summed E-state index contributed by atoms with van der Waals surface area (Å²) in [4.78, 5) is 19.4. The van der Waals surface area contributed by atoms with E-state index in [0.717, 1.165) is 37.7 Å². The van der Waals surface area contributed by atoms with Crippen LogP contribution in [0.3, 0.4) is 0 Å². The third-order valence-electron chi connectivity index (χ3n) is 5.72. The molecule has 29 heavy (non-hydrogen) atoms. The van der Waals surface area contributed by atoms with Crippen LogP contribution in [0, 0.1) is 6.92 Å². The van der Waals surface area contributed by atoms with Gasteiger partial charge in [-0.25, -0.2) is 8.42 Å². The maximum atomic E-state index is 13.3. The quantitative estimate of drug-likeness (QED) is 0.728. The molecule has 0 spiro atoms. The van der Waals surface area contributed by atoms with Crippen LogP contribution in [0.15, 0.2) is 47.6 Å². The number of aromatic nitrogens is 1. The van der Waals surface area contributed by atoms with Gasteiger partial charge >= 0.3 is 0 Å². The Balaban J connectivity index is 1.62. The lowest BCUT2D eigenvalue weighted by atomic mass is 10.1. The van der Waals surface area contributed by atoms with E-state index in [0.29, 0.717) is 30.8 Å². The average molecular weight is 414 g/mol. The molecule has 154 valence electrons. The van der Waals surface area contributed by atoms with Crippen molar-refractivity contribution < 1.29 is 13.2 Å². The lowest BCUT2D eigenvalue weighted by Crippen LogP contribution is -2.36. The van der Waals surface area contributed by atoms with Crippen LogP contribution in [0.25, 0.3) is 0 Å². The van der Waals surface area contributed by atoms with E-state index < -0.39 is 10.0 Å². The molecule has 7 heteroatoms. The Morgan fingerprint density at radius 1 is 1.10 bits per heavy atom. The highest BCUT2D eigenvalue weighted by Crippen LogP contribution is 2.31. The predicted octanol–water partition coefficient (Wildman–Crippen LogP) is 3.37. The standard InChI is InChI=1S/C22H27N3O3S/c1-17-5-6-19(15-21(17)29(27,28)24-13-3-2-4-14-24)22(26)25(20-7-8-20)16-18-9-11-23-12-10-18/h5-6,9-12,15,20H,2-4,7-8,13-14,16H2,1H3. The molecule has 1 aromatic carbocycles. The highest BCUT2D eigenvalue weighted by atomic mass is 32.2. The minimum Gasteiger partial charge on any atom is -0.331 e. The molecule has 1 amide bonds. The first-order valence-corrected chi connectivity index (χ1v) is 11.7. The normalized spacial score (nSPS) is 17.8. The van der Waals surface area contributed by atoms with E-state index in [4.69, 9.17) is 0 Å². The summed E-state index contributed by atoms with van der Waals surface area (Å²) in [5, 5.41) is 0. The minimum atomic E-state index is -3.58. The summed E-state index contributed by atoms with van der Waals surface area (Å²) in [5.41, 5.74) is 2.14. The van der Waals surface area contributed by atoms with Gasteiger partial charge in [-0.2, -0.15) is 4.31 Å². The Morgan fingerprint density at radius 3 is 2.45 bits per heavy atom. The van der Waals surface area contributed by atoms with Crippen LogP contribution < -0.4 is 0 Å². The molecule has 4 rings (SSSR count). The maximum Gasteiger partial charge on any atom is 0.254 e. The molecular weight excluding hydrogens is 386 g/mol. The van der Waals surface area contributed by atoms with E-state index in [2.05, 4.69) is 4.98 Å². The van der Waals surface area contributed by atoms with E-state index in [1.807, 2.05) is 17.0 Å². The Morgan fingerprint density at radius 2 is 1.79 bits per heavy atom. The monoisotopic (exact) mass is 413 g/mol. The average Bonchev–Trinajstić information content (AvgIpc) is 3.58. The molecule has 1 saturated carbocycles. The number of sulfonamides is 1. The maximum absolute atomic E-state index is 13.3. The summed E-state index contributed by atoms with van der Waals surface area (Å²) in [6.45, 7) is 3.40. The van der Waals surface area contributed by atoms with Crippen LogP contribution in [0.4, 0.5) is 0 Å². The van der Waals surface area contributed by atoms with E-state index in [1.54, 1.807) is 41.8 Å². The zero-order valence-corrected chi connectivity index (χ0v) is 17.6. The molecule has 0 bridgehead atoms. The molecule has 1 aromatic heterocycles. The Kier molecular flexibility index (Phi) is 5.69. The van der Waals surface area contributed by atoms with Crippen molar-refractivity contribution in [3.63, 3.8) is 0 Å². The van der Waals surface area contributed by atoms with Gasteiger partial charge in [0.15, 0.2) is 0 Å². The highest BCUT2D eigenvalue weighted by molar-refractivity contribution is 7.89. The number of hydrogen-bond donors (Lipinski definition) is 0. The number of piperidine rings is 1. The van der Waals surface area contributed by atoms with Crippen LogP contribution in [-0.4, -0.2) is 47.6 Å². The first-order chi connectivity index (χ1) is 14.0. The van der Waals surface area contributed by atoms with Crippen LogP contribution in [0.1, 0.15) is 53.6 Å². The lowest BCUT2D eigenvalue weighted by molar-refractivity contribution is 0.0729. The highest BCUT2D eigenvalue weighted by Gasteiger charge is 2.34. The molecular formula is C22H27N3O3S. The first-order valence-electron chi connectivity index (χ1n) is 10.3. The van der Waals surface area contributed by atoms with E-state index in [1.165, 1.54) is 0 Å². The molecule has 0 radical (unpaired) electrons. The second-order valence-corrected chi connectivity index (χ2v) is 9.87. The summed E-state index contributed by atoms with van der Waals surface area (Å²) in [6, 6.07) is 9.10. The number of carbonyl (C=O) groups excluding carboxylic acids is 1. The van der Waals surface area contributed by atoms with Gasteiger partial charge in [0, 0.05) is 43.6 Å². The van der Waals surface area contributed by atoms with Gasteiger partial charge in [0.25, 0.3) is 5.91 Å². The molecule has 1 aliphatic heterocycles. The van der Waals surface area contributed by atoms with Crippen LogP contribution in [0.5, 0.6) is 0 Å². The fraction of sp³-hybridized carbons (Fsp3) is 0.455. The fourth-order valence-electron chi connectivity index (χ4n) is 3.86. The first kappa shape index (κ1) is 20.0. The lowest BCUT2D eigenvalue weighted by Gasteiger charge is -2.27. The van der Waals surface area contributed by atoms with Crippen molar-refractivity contribution >= 4 is 15.9 Å². The summed E-state index contributed by atoms with van der Waals surface area (Å²) in [5.74, 6) is -0.112. The SMILES string of the molecule is Cc1ccc(C(=O)N(Cc2ccncc2)C2CC2)cc1S(=O)(=O)N1CCCCC1. The second-order valence-electron chi connectivity index (χ2n) is 7.96. The fourth-order valence-corrected chi connectivity index (χ4v) is 5.63. The Bertz CT molecular complexity index is 982. The third-order valence-corrected chi connectivity index (χ3v) is 7.76. The van der Waals surface area contributed by atoms with Gasteiger partial charge in [-0.1, -0.05) is 12.5 Å². The molecule has 2 aromatic rings.